The van der Waals surface area contributed by atoms with Gasteiger partial charge in [-0.3, -0.25) is 9.59 Å². The zero-order valence-electron chi connectivity index (χ0n) is 23.3. The number of furan rings is 1. The maximum absolute atomic E-state index is 14.0. The molecular formula is C31H32F2N2O6S. The molecule has 2 aromatic carbocycles. The molecule has 0 spiro atoms. The van der Waals surface area contributed by atoms with Crippen molar-refractivity contribution in [1.29, 1.82) is 5.26 Å². The molecular weight excluding hydrogens is 566 g/mol. The van der Waals surface area contributed by atoms with Crippen LogP contribution in [0.3, 0.4) is 0 Å². The molecule has 222 valence electrons. The van der Waals surface area contributed by atoms with Crippen molar-refractivity contribution in [2.24, 2.45) is 5.41 Å². The number of nitrogens with zero attached hydrogens (tertiary/aromatic N) is 1. The van der Waals surface area contributed by atoms with Gasteiger partial charge in [0.15, 0.2) is 11.5 Å². The largest absolute Gasteiger partial charge is 0.494 e. The van der Waals surface area contributed by atoms with Crippen molar-refractivity contribution in [3.05, 3.63) is 54.3 Å². The van der Waals surface area contributed by atoms with E-state index >= 15 is 0 Å². The van der Waals surface area contributed by atoms with E-state index in [9.17, 15) is 32.0 Å². The molecule has 0 atom stereocenters. The molecule has 0 unspecified atom stereocenters. The number of nitrogens with one attached hydrogen (secondary N) is 1. The van der Waals surface area contributed by atoms with E-state index in [0.717, 1.165) is 11.1 Å². The summed E-state index contributed by atoms with van der Waals surface area (Å²) in [6, 6.07) is 16.4. The van der Waals surface area contributed by atoms with Crippen LogP contribution in [0.4, 0.5) is 8.78 Å². The Labute approximate surface area is 242 Å². The normalized spacial score (nSPS) is 18.6. The SMILES string of the molecule is CS(=O)(=O)CCCOc1ccc(-c2ccc3cc(C(=O)NC4(C(=O)CC5(C#N)CC5)CCC(F)(F)CC4)oc3c2)cc1. The Hall–Kier alpha value is -3.78. The molecule has 2 aliphatic rings. The van der Waals surface area contributed by atoms with Crippen molar-refractivity contribution in [3.8, 4) is 22.9 Å². The Kier molecular flexibility index (Phi) is 7.88. The smallest absolute Gasteiger partial charge is 0.287 e. The van der Waals surface area contributed by atoms with Gasteiger partial charge in [0, 0.05) is 30.9 Å². The van der Waals surface area contributed by atoms with E-state index in [-0.39, 0.29) is 43.2 Å². The average molecular weight is 599 g/mol. The first-order valence-electron chi connectivity index (χ1n) is 13.9. The first-order valence-corrected chi connectivity index (χ1v) is 16.0. The molecule has 0 aliphatic heterocycles. The van der Waals surface area contributed by atoms with Gasteiger partial charge in [-0.2, -0.15) is 5.26 Å². The van der Waals surface area contributed by atoms with Gasteiger partial charge in [0.05, 0.1) is 29.4 Å². The van der Waals surface area contributed by atoms with Crippen molar-refractivity contribution in [2.75, 3.05) is 18.6 Å². The van der Waals surface area contributed by atoms with Gasteiger partial charge in [-0.25, -0.2) is 17.2 Å². The van der Waals surface area contributed by atoms with E-state index in [1.165, 1.54) is 6.26 Å². The van der Waals surface area contributed by atoms with Crippen molar-refractivity contribution in [3.63, 3.8) is 0 Å². The van der Waals surface area contributed by atoms with Crippen LogP contribution in [0.2, 0.25) is 0 Å². The maximum Gasteiger partial charge on any atom is 0.287 e. The van der Waals surface area contributed by atoms with Crippen LogP contribution in [-0.2, 0) is 14.6 Å². The van der Waals surface area contributed by atoms with Gasteiger partial charge in [-0.1, -0.05) is 24.3 Å². The van der Waals surface area contributed by atoms with Gasteiger partial charge < -0.3 is 14.5 Å². The Morgan fingerprint density at radius 3 is 2.29 bits per heavy atom. The molecule has 42 heavy (non-hydrogen) atoms. The number of amides is 1. The topological polar surface area (TPSA) is 126 Å². The van der Waals surface area contributed by atoms with Gasteiger partial charge in [0.25, 0.3) is 5.91 Å². The molecule has 1 amide bonds. The van der Waals surface area contributed by atoms with Gasteiger partial charge in [0.2, 0.25) is 5.92 Å². The van der Waals surface area contributed by atoms with E-state index in [2.05, 4.69) is 11.4 Å². The molecule has 2 saturated carbocycles. The highest BCUT2D eigenvalue weighted by Gasteiger charge is 2.53. The number of fused-ring (bicyclic) bond motifs is 1. The summed E-state index contributed by atoms with van der Waals surface area (Å²) < 4.78 is 62.0. The monoisotopic (exact) mass is 598 g/mol. The number of halogens is 2. The molecule has 1 aromatic heterocycles. The predicted molar refractivity (Wildman–Crippen MR) is 152 cm³/mol. The minimum Gasteiger partial charge on any atom is -0.494 e. The fraction of sp³-hybridized carbons (Fsp3) is 0.452. The first kappa shape index (κ1) is 29.7. The summed E-state index contributed by atoms with van der Waals surface area (Å²) in [5, 5.41) is 12.8. The number of ketones is 1. The van der Waals surface area contributed by atoms with Gasteiger partial charge >= 0.3 is 0 Å². The van der Waals surface area contributed by atoms with Crippen LogP contribution < -0.4 is 10.1 Å². The number of hydrogen-bond donors (Lipinski definition) is 1. The highest BCUT2D eigenvalue weighted by atomic mass is 32.2. The Bertz CT molecular complexity index is 1640. The summed E-state index contributed by atoms with van der Waals surface area (Å²) in [6.07, 6.45) is 1.25. The van der Waals surface area contributed by atoms with Crippen LogP contribution in [-0.4, -0.2) is 50.2 Å². The second kappa shape index (κ2) is 11.1. The van der Waals surface area contributed by atoms with Gasteiger partial charge in [-0.15, -0.1) is 0 Å². The molecule has 3 aromatic rings. The number of Topliss-reactive ketones (excluding diaryl/α,β-unsaturated/α-hetero) is 1. The van der Waals surface area contributed by atoms with Gasteiger partial charge in [0.1, 0.15) is 21.2 Å². The lowest BCUT2D eigenvalue weighted by molar-refractivity contribution is -0.131. The van der Waals surface area contributed by atoms with Gasteiger partial charge in [-0.05, 0) is 67.5 Å². The molecule has 2 fully saturated rings. The molecule has 1 N–H and O–H groups in total. The molecule has 0 bridgehead atoms. The highest BCUT2D eigenvalue weighted by Crippen LogP contribution is 2.50. The second-order valence-corrected chi connectivity index (χ2v) is 13.9. The van der Waals surface area contributed by atoms with Crippen LogP contribution in [0.25, 0.3) is 22.1 Å². The number of nitriles is 1. The fourth-order valence-electron chi connectivity index (χ4n) is 5.33. The Morgan fingerprint density at radius 2 is 1.67 bits per heavy atom. The number of ether oxygens (including phenoxy) is 1. The molecule has 0 radical (unpaired) electrons. The fourth-order valence-corrected chi connectivity index (χ4v) is 5.97. The third-order valence-corrected chi connectivity index (χ3v) is 9.20. The van der Waals surface area contributed by atoms with Crippen molar-refractivity contribution >= 4 is 32.5 Å². The van der Waals surface area contributed by atoms with Crippen LogP contribution in [0.1, 0.15) is 61.9 Å². The van der Waals surface area contributed by atoms with Crippen molar-refractivity contribution in [2.45, 2.75) is 62.8 Å². The summed E-state index contributed by atoms with van der Waals surface area (Å²) in [5.74, 6) is -3.32. The van der Waals surface area contributed by atoms with E-state index in [4.69, 9.17) is 9.15 Å². The Balaban J connectivity index is 1.29. The average Bonchev–Trinajstić information content (AvgIpc) is 3.58. The summed E-state index contributed by atoms with van der Waals surface area (Å²) in [4.78, 5) is 26.7. The molecule has 8 nitrogen and oxygen atoms in total. The number of rotatable bonds is 11. The number of sulfone groups is 1. The lowest BCUT2D eigenvalue weighted by atomic mass is 9.74. The lowest BCUT2D eigenvalue weighted by Gasteiger charge is -2.39. The van der Waals surface area contributed by atoms with Crippen LogP contribution in [0.5, 0.6) is 5.75 Å². The minimum absolute atomic E-state index is 0.0362. The highest BCUT2D eigenvalue weighted by molar-refractivity contribution is 7.90. The number of benzene rings is 2. The number of carbonyl (C=O) groups is 2. The van der Waals surface area contributed by atoms with E-state index < -0.39 is 45.5 Å². The van der Waals surface area contributed by atoms with Crippen molar-refractivity contribution < 1.29 is 35.9 Å². The number of carbonyl (C=O) groups excluding carboxylic acids is 2. The molecule has 5 rings (SSSR count). The van der Waals surface area contributed by atoms with E-state index in [0.29, 0.717) is 36.0 Å². The third-order valence-electron chi connectivity index (χ3n) is 8.17. The lowest BCUT2D eigenvalue weighted by Crippen LogP contribution is -2.58. The molecule has 0 saturated heterocycles. The zero-order chi connectivity index (χ0) is 30.2. The summed E-state index contributed by atoms with van der Waals surface area (Å²) in [7, 11) is -3.03. The third kappa shape index (κ3) is 6.81. The predicted octanol–water partition coefficient (Wildman–Crippen LogP) is 5.85. The molecule has 2 aliphatic carbocycles. The number of alkyl halides is 2. The standard InChI is InChI=1S/C31H32F2N2O6S/c1-42(38,39)16-2-15-40-24-7-5-21(6-8-24)22-3-4-23-18-26(41-25(23)17-22)28(37)35-30(11-13-31(32,33)14-12-30)27(36)19-29(20-34)9-10-29/h3-8,17-18H,2,9-16,19H2,1H3,(H,35,37). The zero-order valence-corrected chi connectivity index (χ0v) is 24.1. The maximum atomic E-state index is 14.0. The van der Waals surface area contributed by atoms with Crippen LogP contribution in [0, 0.1) is 16.7 Å². The molecule has 11 heteroatoms. The van der Waals surface area contributed by atoms with Crippen molar-refractivity contribution in [1.82, 2.24) is 5.32 Å². The number of hydrogen-bond acceptors (Lipinski definition) is 7. The quantitative estimate of drug-likeness (QED) is 0.274. The van der Waals surface area contributed by atoms with E-state index in [1.807, 2.05) is 18.2 Å². The first-order chi connectivity index (χ1) is 19.8. The van der Waals surface area contributed by atoms with Crippen LogP contribution >= 0.6 is 0 Å². The second-order valence-electron chi connectivity index (χ2n) is 11.6. The summed E-state index contributed by atoms with van der Waals surface area (Å²) >= 11 is 0. The van der Waals surface area contributed by atoms with E-state index in [1.54, 1.807) is 30.3 Å². The summed E-state index contributed by atoms with van der Waals surface area (Å²) in [5.41, 5.74) is -0.102. The summed E-state index contributed by atoms with van der Waals surface area (Å²) in [6.45, 7) is 0.282. The molecule has 1 heterocycles. The Morgan fingerprint density at radius 1 is 1.00 bits per heavy atom. The minimum atomic E-state index is -3.03. The van der Waals surface area contributed by atoms with Crippen LogP contribution in [0.15, 0.2) is 52.9 Å².